The molecule has 2 aromatic carbocycles. The second-order valence-electron chi connectivity index (χ2n) is 6.82. The second-order valence-corrected chi connectivity index (χ2v) is 6.82. The Morgan fingerprint density at radius 2 is 1.69 bits per heavy atom. The van der Waals surface area contributed by atoms with E-state index < -0.39 is 11.9 Å². The van der Waals surface area contributed by atoms with Crippen LogP contribution in [0.5, 0.6) is 11.5 Å². The van der Waals surface area contributed by atoms with Gasteiger partial charge in [0.25, 0.3) is 0 Å². The van der Waals surface area contributed by atoms with Gasteiger partial charge in [0.1, 0.15) is 11.5 Å². The van der Waals surface area contributed by atoms with Crippen molar-refractivity contribution in [2.24, 2.45) is 10.7 Å². The van der Waals surface area contributed by atoms with Crippen molar-refractivity contribution in [3.63, 3.8) is 0 Å². The van der Waals surface area contributed by atoms with Gasteiger partial charge in [-0.1, -0.05) is 18.2 Å². The van der Waals surface area contributed by atoms with Crippen LogP contribution in [0.2, 0.25) is 0 Å². The number of nitrogens with two attached hydrogens (primary N) is 1. The molecular formula is C21H23N3O5. The Hall–Kier alpha value is -3.55. The fourth-order valence-corrected chi connectivity index (χ4v) is 3.29. The normalized spacial score (nSPS) is 13.0. The molecule has 0 bridgehead atoms. The van der Waals surface area contributed by atoms with Crippen LogP contribution in [0.15, 0.2) is 53.5 Å². The first-order valence-corrected chi connectivity index (χ1v) is 9.32. The molecule has 0 spiro atoms. The van der Waals surface area contributed by atoms with E-state index in [1.165, 1.54) is 0 Å². The number of aliphatic carboxylic acids is 2. The molecule has 8 nitrogen and oxygen atoms in total. The number of para-hydroxylation sites is 1. The van der Waals surface area contributed by atoms with Crippen LogP contribution in [-0.2, 0) is 16.1 Å². The van der Waals surface area contributed by atoms with Gasteiger partial charge in [-0.05, 0) is 43.2 Å². The van der Waals surface area contributed by atoms with Crippen molar-refractivity contribution in [2.75, 3.05) is 0 Å². The van der Waals surface area contributed by atoms with E-state index in [0.29, 0.717) is 18.0 Å². The second kappa shape index (κ2) is 9.09. The predicted octanol–water partition coefficient (Wildman–Crippen LogP) is 3.34. The van der Waals surface area contributed by atoms with Crippen LogP contribution in [0, 0.1) is 0 Å². The molecule has 1 heterocycles. The molecule has 8 heteroatoms. The minimum Gasteiger partial charge on any atom is -0.481 e. The Labute approximate surface area is 168 Å². The van der Waals surface area contributed by atoms with Crippen molar-refractivity contribution >= 4 is 23.6 Å². The standard InChI is InChI=1S/C21H23N3O5/c22-21-23-18-9-8-17(29-16-4-2-1-3-5-16)12-14(18)13-24(21)15(6-10-19(25)26)7-11-20(27)28/h1-5,8-9,12,15H,6-7,10-11,13H2,(H2,22,23)(H,25,26)(H,27,28). The molecule has 0 atom stereocenters. The summed E-state index contributed by atoms with van der Waals surface area (Å²) < 4.78 is 5.87. The lowest BCUT2D eigenvalue weighted by molar-refractivity contribution is -0.137. The van der Waals surface area contributed by atoms with Gasteiger partial charge >= 0.3 is 11.9 Å². The average Bonchev–Trinajstić information content (AvgIpc) is 2.68. The topological polar surface area (TPSA) is 125 Å². The monoisotopic (exact) mass is 397 g/mol. The first kappa shape index (κ1) is 20.2. The number of rotatable bonds is 9. The summed E-state index contributed by atoms with van der Waals surface area (Å²) in [6, 6.07) is 14.6. The number of ether oxygens (including phenoxy) is 1. The largest absolute Gasteiger partial charge is 0.481 e. The van der Waals surface area contributed by atoms with E-state index in [4.69, 9.17) is 20.7 Å². The van der Waals surface area contributed by atoms with Crippen LogP contribution in [0.3, 0.4) is 0 Å². The van der Waals surface area contributed by atoms with Gasteiger partial charge in [0.05, 0.1) is 5.69 Å². The van der Waals surface area contributed by atoms with Crippen LogP contribution in [0.4, 0.5) is 5.69 Å². The highest BCUT2D eigenvalue weighted by atomic mass is 16.5. The summed E-state index contributed by atoms with van der Waals surface area (Å²) in [5, 5.41) is 18.1. The first-order chi connectivity index (χ1) is 13.9. The van der Waals surface area contributed by atoms with E-state index in [9.17, 15) is 9.59 Å². The fourth-order valence-electron chi connectivity index (χ4n) is 3.29. The molecule has 0 aromatic heterocycles. The molecule has 0 saturated heterocycles. The van der Waals surface area contributed by atoms with E-state index in [1.54, 1.807) is 4.90 Å². The van der Waals surface area contributed by atoms with Crippen molar-refractivity contribution < 1.29 is 24.5 Å². The molecule has 0 fully saturated rings. The zero-order chi connectivity index (χ0) is 20.8. The number of fused-ring (bicyclic) bond motifs is 1. The van der Waals surface area contributed by atoms with Crippen molar-refractivity contribution in [1.82, 2.24) is 4.90 Å². The Balaban J connectivity index is 1.80. The molecule has 3 rings (SSSR count). The maximum atomic E-state index is 11.0. The minimum atomic E-state index is -0.934. The molecule has 0 saturated carbocycles. The number of hydrogen-bond donors (Lipinski definition) is 3. The highest BCUT2D eigenvalue weighted by molar-refractivity contribution is 5.84. The van der Waals surface area contributed by atoms with Crippen molar-refractivity contribution in [1.29, 1.82) is 0 Å². The summed E-state index contributed by atoms with van der Waals surface area (Å²) in [4.78, 5) is 28.2. The SMILES string of the molecule is NC1=Nc2ccc(Oc3ccccc3)cc2CN1C(CCC(=O)O)CCC(=O)O. The number of nitrogens with zero attached hydrogens (tertiary/aromatic N) is 2. The predicted molar refractivity (Wildman–Crippen MR) is 107 cm³/mol. The maximum absolute atomic E-state index is 11.0. The number of carbonyl (C=O) groups is 2. The Bertz CT molecular complexity index is 896. The maximum Gasteiger partial charge on any atom is 0.303 e. The Kier molecular flexibility index (Phi) is 6.33. The summed E-state index contributed by atoms with van der Waals surface area (Å²) in [6.07, 6.45) is 0.429. The molecular weight excluding hydrogens is 374 g/mol. The number of aliphatic imine (C=N–C) groups is 1. The van der Waals surface area contributed by atoms with Gasteiger partial charge in [-0.15, -0.1) is 0 Å². The molecule has 0 unspecified atom stereocenters. The summed E-state index contributed by atoms with van der Waals surface area (Å²) in [5.41, 5.74) is 7.71. The Morgan fingerprint density at radius 1 is 1.03 bits per heavy atom. The molecule has 1 aliphatic rings. The quantitative estimate of drug-likeness (QED) is 0.592. The van der Waals surface area contributed by atoms with Crippen LogP contribution in [0.25, 0.3) is 0 Å². The smallest absolute Gasteiger partial charge is 0.303 e. The van der Waals surface area contributed by atoms with Crippen LogP contribution < -0.4 is 10.5 Å². The fraction of sp³-hybridized carbons (Fsp3) is 0.286. The minimum absolute atomic E-state index is 0.0713. The van der Waals surface area contributed by atoms with Gasteiger partial charge < -0.3 is 25.6 Å². The number of carboxylic acids is 2. The van der Waals surface area contributed by atoms with Crippen molar-refractivity contribution in [2.45, 2.75) is 38.3 Å². The lowest BCUT2D eigenvalue weighted by atomic mass is 10.0. The number of guanidine groups is 1. The van der Waals surface area contributed by atoms with Gasteiger partial charge in [-0.2, -0.15) is 0 Å². The summed E-state index contributed by atoms with van der Waals surface area (Å²) in [7, 11) is 0. The number of benzene rings is 2. The Morgan fingerprint density at radius 3 is 2.31 bits per heavy atom. The zero-order valence-corrected chi connectivity index (χ0v) is 15.8. The van der Waals surface area contributed by atoms with Crippen molar-refractivity contribution in [3.05, 3.63) is 54.1 Å². The van der Waals surface area contributed by atoms with Gasteiger partial charge in [-0.25, -0.2) is 4.99 Å². The first-order valence-electron chi connectivity index (χ1n) is 9.32. The van der Waals surface area contributed by atoms with E-state index in [2.05, 4.69) is 4.99 Å². The average molecular weight is 397 g/mol. The van der Waals surface area contributed by atoms with Crippen LogP contribution >= 0.6 is 0 Å². The van der Waals surface area contributed by atoms with Gasteiger partial charge in [0, 0.05) is 31.0 Å². The molecule has 29 heavy (non-hydrogen) atoms. The molecule has 1 aliphatic heterocycles. The number of hydrogen-bond acceptors (Lipinski definition) is 6. The molecule has 2 aromatic rings. The van der Waals surface area contributed by atoms with Gasteiger partial charge in [-0.3, -0.25) is 9.59 Å². The van der Waals surface area contributed by atoms with Gasteiger partial charge in [0.15, 0.2) is 5.96 Å². The van der Waals surface area contributed by atoms with E-state index in [1.807, 2.05) is 48.5 Å². The molecule has 0 aliphatic carbocycles. The highest BCUT2D eigenvalue weighted by Crippen LogP contribution is 2.33. The molecule has 0 amide bonds. The lowest BCUT2D eigenvalue weighted by Gasteiger charge is -2.35. The molecule has 0 radical (unpaired) electrons. The third-order valence-corrected chi connectivity index (χ3v) is 4.72. The van der Waals surface area contributed by atoms with Crippen molar-refractivity contribution in [3.8, 4) is 11.5 Å². The molecule has 152 valence electrons. The van der Waals surface area contributed by atoms with E-state index in [-0.39, 0.29) is 37.7 Å². The van der Waals surface area contributed by atoms with E-state index >= 15 is 0 Å². The summed E-state index contributed by atoms with van der Waals surface area (Å²) in [6.45, 7) is 0.403. The third kappa shape index (κ3) is 5.47. The van der Waals surface area contributed by atoms with Crippen LogP contribution in [0.1, 0.15) is 31.2 Å². The highest BCUT2D eigenvalue weighted by Gasteiger charge is 2.26. The van der Waals surface area contributed by atoms with Crippen LogP contribution in [-0.4, -0.2) is 39.1 Å². The van der Waals surface area contributed by atoms with Gasteiger partial charge in [0.2, 0.25) is 0 Å². The number of carboxylic acid groups (broad SMARTS) is 2. The summed E-state index contributed by atoms with van der Waals surface area (Å²) >= 11 is 0. The molecule has 4 N–H and O–H groups in total. The zero-order valence-electron chi connectivity index (χ0n) is 15.8. The van der Waals surface area contributed by atoms with E-state index in [0.717, 1.165) is 11.3 Å². The summed E-state index contributed by atoms with van der Waals surface area (Å²) in [5.74, 6) is -0.245. The third-order valence-electron chi connectivity index (χ3n) is 4.72. The lowest BCUT2D eigenvalue weighted by Crippen LogP contribution is -2.46.